The van der Waals surface area contributed by atoms with Gasteiger partial charge in [0.25, 0.3) is 0 Å². The van der Waals surface area contributed by atoms with Crippen LogP contribution in [0.4, 0.5) is 0 Å². The van der Waals surface area contributed by atoms with Crippen molar-refractivity contribution in [1.29, 1.82) is 0 Å². The fraction of sp³-hybridized carbons (Fsp3) is 0. The molecule has 0 saturated heterocycles. The molecule has 0 atom stereocenters. The summed E-state index contributed by atoms with van der Waals surface area (Å²) in [7, 11) is 0. The number of carbonyl (C=O) groups is 1. The van der Waals surface area contributed by atoms with Crippen LogP contribution in [0.25, 0.3) is 0 Å². The van der Waals surface area contributed by atoms with Crippen LogP contribution in [-0.4, -0.2) is 15.8 Å². The number of carbonyl (C=O) groups excluding carboxylic acids is 1. The van der Waals surface area contributed by atoms with Crippen LogP contribution >= 0.6 is 0 Å². The van der Waals surface area contributed by atoms with E-state index in [2.05, 4.69) is 9.97 Å². The maximum atomic E-state index is 11.6. The Kier molecular flexibility index (Phi) is 1.88. The number of hydrogen-bond donors (Lipinski definition) is 0. The smallest absolute Gasteiger partial charge is 0.214 e. The van der Waals surface area contributed by atoms with E-state index in [1.54, 1.807) is 12.1 Å². The number of furan rings is 1. The Hall–Kier alpha value is -1.97. The minimum atomic E-state index is -0.156. The molecule has 2 aromatic rings. The second kappa shape index (κ2) is 3.18. The third-order valence-corrected chi connectivity index (χ3v) is 1.60. The van der Waals surface area contributed by atoms with Crippen molar-refractivity contribution in [2.75, 3.05) is 0 Å². The zero-order valence-corrected chi connectivity index (χ0v) is 6.68. The van der Waals surface area contributed by atoms with Gasteiger partial charge in [0.15, 0.2) is 0 Å². The maximum absolute atomic E-state index is 11.6. The predicted molar refractivity (Wildman–Crippen MR) is 44.2 cm³/mol. The number of hydrogen-bond acceptors (Lipinski definition) is 4. The molecule has 0 bridgehead atoms. The minimum absolute atomic E-state index is 0.156. The van der Waals surface area contributed by atoms with Gasteiger partial charge in [-0.2, -0.15) is 0 Å². The van der Waals surface area contributed by atoms with Gasteiger partial charge < -0.3 is 4.42 Å². The average Bonchev–Trinajstić information content (AvgIpc) is 2.71. The molecule has 0 aromatic carbocycles. The van der Waals surface area contributed by atoms with E-state index in [-0.39, 0.29) is 5.78 Å². The van der Waals surface area contributed by atoms with Gasteiger partial charge in [-0.1, -0.05) is 0 Å². The molecular formula is C9H6N2O2. The number of nitrogens with zero attached hydrogens (tertiary/aromatic N) is 2. The maximum Gasteiger partial charge on any atom is 0.214 e. The standard InChI is InChI=1S/C9H6N2O2/c12-9(7-2-4-13-5-7)8-1-3-10-6-11-8/h1-6H. The molecule has 0 aliphatic heterocycles. The van der Waals surface area contributed by atoms with Crippen LogP contribution in [-0.2, 0) is 0 Å². The molecule has 0 unspecified atom stereocenters. The van der Waals surface area contributed by atoms with Crippen LogP contribution in [0.1, 0.15) is 16.1 Å². The van der Waals surface area contributed by atoms with Crippen molar-refractivity contribution >= 4 is 5.78 Å². The molecule has 0 amide bonds. The van der Waals surface area contributed by atoms with Gasteiger partial charge in [-0.3, -0.25) is 4.79 Å². The molecule has 2 heterocycles. The van der Waals surface area contributed by atoms with Crippen LogP contribution in [0.5, 0.6) is 0 Å². The zero-order valence-electron chi connectivity index (χ0n) is 6.68. The van der Waals surface area contributed by atoms with E-state index in [1.165, 1.54) is 25.1 Å². The summed E-state index contributed by atoms with van der Waals surface area (Å²) in [6.45, 7) is 0. The highest BCUT2D eigenvalue weighted by molar-refractivity contribution is 6.07. The highest BCUT2D eigenvalue weighted by Gasteiger charge is 2.10. The van der Waals surface area contributed by atoms with E-state index < -0.39 is 0 Å². The first-order valence-electron chi connectivity index (χ1n) is 3.71. The lowest BCUT2D eigenvalue weighted by Crippen LogP contribution is -2.02. The summed E-state index contributed by atoms with van der Waals surface area (Å²) in [6, 6.07) is 3.17. The predicted octanol–water partition coefficient (Wildman–Crippen LogP) is 1.30. The summed E-state index contributed by atoms with van der Waals surface area (Å²) >= 11 is 0. The lowest BCUT2D eigenvalue weighted by molar-refractivity contribution is 0.103. The van der Waals surface area contributed by atoms with Crippen LogP contribution in [0.3, 0.4) is 0 Å². The monoisotopic (exact) mass is 174 g/mol. The summed E-state index contributed by atoms with van der Waals surface area (Å²) in [4.78, 5) is 19.1. The van der Waals surface area contributed by atoms with E-state index in [1.807, 2.05) is 0 Å². The molecule has 4 nitrogen and oxygen atoms in total. The normalized spacial score (nSPS) is 9.85. The number of rotatable bonds is 2. The second-order valence-corrected chi connectivity index (χ2v) is 2.44. The number of ketones is 1. The van der Waals surface area contributed by atoms with Gasteiger partial charge in [0.05, 0.1) is 11.8 Å². The zero-order chi connectivity index (χ0) is 9.10. The van der Waals surface area contributed by atoms with Gasteiger partial charge in [-0.05, 0) is 12.1 Å². The van der Waals surface area contributed by atoms with Crippen molar-refractivity contribution in [3.8, 4) is 0 Å². The molecule has 2 rings (SSSR count). The SMILES string of the molecule is O=C(c1ccoc1)c1ccncn1. The third kappa shape index (κ3) is 1.46. The van der Waals surface area contributed by atoms with E-state index in [0.29, 0.717) is 11.3 Å². The van der Waals surface area contributed by atoms with Crippen molar-refractivity contribution in [3.05, 3.63) is 48.4 Å². The van der Waals surface area contributed by atoms with Crippen molar-refractivity contribution < 1.29 is 9.21 Å². The molecule has 0 saturated carbocycles. The molecule has 0 radical (unpaired) electrons. The first-order chi connectivity index (χ1) is 6.38. The highest BCUT2D eigenvalue weighted by atomic mass is 16.3. The van der Waals surface area contributed by atoms with Crippen molar-refractivity contribution in [1.82, 2.24) is 9.97 Å². The fourth-order valence-electron chi connectivity index (χ4n) is 0.967. The Bertz CT molecular complexity index is 395. The van der Waals surface area contributed by atoms with Crippen molar-refractivity contribution in [2.24, 2.45) is 0 Å². The summed E-state index contributed by atoms with van der Waals surface area (Å²) < 4.78 is 4.79. The van der Waals surface area contributed by atoms with Crippen LogP contribution in [0, 0.1) is 0 Å². The molecule has 4 heteroatoms. The van der Waals surface area contributed by atoms with Crippen LogP contribution in [0.2, 0.25) is 0 Å². The van der Waals surface area contributed by atoms with Gasteiger partial charge in [-0.15, -0.1) is 0 Å². The number of aromatic nitrogens is 2. The van der Waals surface area contributed by atoms with Crippen LogP contribution < -0.4 is 0 Å². The Balaban J connectivity index is 2.34. The molecular weight excluding hydrogens is 168 g/mol. The molecule has 0 aliphatic rings. The quantitative estimate of drug-likeness (QED) is 0.644. The topological polar surface area (TPSA) is 56.0 Å². The van der Waals surface area contributed by atoms with E-state index >= 15 is 0 Å². The average molecular weight is 174 g/mol. The van der Waals surface area contributed by atoms with Crippen LogP contribution in [0.15, 0.2) is 41.6 Å². The fourth-order valence-corrected chi connectivity index (χ4v) is 0.967. The van der Waals surface area contributed by atoms with E-state index in [0.717, 1.165) is 0 Å². The van der Waals surface area contributed by atoms with Gasteiger partial charge in [0.2, 0.25) is 5.78 Å². The summed E-state index contributed by atoms with van der Waals surface area (Å²) in [5.41, 5.74) is 0.870. The molecule has 0 spiro atoms. The highest BCUT2D eigenvalue weighted by Crippen LogP contribution is 2.06. The Morgan fingerprint density at radius 3 is 2.92 bits per heavy atom. The Labute approximate surface area is 74.2 Å². The van der Waals surface area contributed by atoms with Gasteiger partial charge in [0, 0.05) is 6.20 Å². The van der Waals surface area contributed by atoms with E-state index in [9.17, 15) is 4.79 Å². The van der Waals surface area contributed by atoms with Crippen molar-refractivity contribution in [2.45, 2.75) is 0 Å². The van der Waals surface area contributed by atoms with Gasteiger partial charge in [0.1, 0.15) is 18.3 Å². The third-order valence-electron chi connectivity index (χ3n) is 1.60. The minimum Gasteiger partial charge on any atom is -0.472 e. The summed E-state index contributed by atoms with van der Waals surface area (Å²) in [5, 5.41) is 0. The molecule has 0 aliphatic carbocycles. The molecule has 2 aromatic heterocycles. The lowest BCUT2D eigenvalue weighted by atomic mass is 10.1. The summed E-state index contributed by atoms with van der Waals surface area (Å²) in [5.74, 6) is -0.156. The molecule has 13 heavy (non-hydrogen) atoms. The second-order valence-electron chi connectivity index (χ2n) is 2.44. The van der Waals surface area contributed by atoms with E-state index in [4.69, 9.17) is 4.42 Å². The van der Waals surface area contributed by atoms with Gasteiger partial charge >= 0.3 is 0 Å². The van der Waals surface area contributed by atoms with Crippen molar-refractivity contribution in [3.63, 3.8) is 0 Å². The Morgan fingerprint density at radius 1 is 1.38 bits per heavy atom. The largest absolute Gasteiger partial charge is 0.472 e. The van der Waals surface area contributed by atoms with Gasteiger partial charge in [-0.25, -0.2) is 9.97 Å². The lowest BCUT2D eigenvalue weighted by Gasteiger charge is -1.93. The molecule has 64 valence electrons. The molecule has 0 fully saturated rings. The summed E-state index contributed by atoms with van der Waals surface area (Å²) in [6.07, 6.45) is 5.71. The Morgan fingerprint density at radius 2 is 2.31 bits per heavy atom. The first-order valence-corrected chi connectivity index (χ1v) is 3.71. The first kappa shape index (κ1) is 7.67. The molecule has 0 N–H and O–H groups in total.